The molecule has 2 aliphatic rings. The first-order chi connectivity index (χ1) is 29.5. The van der Waals surface area contributed by atoms with Crippen LogP contribution in [0.2, 0.25) is 5.28 Å². The van der Waals surface area contributed by atoms with Crippen molar-refractivity contribution >= 4 is 64.6 Å². The minimum atomic E-state index is -0.941. The van der Waals surface area contributed by atoms with Gasteiger partial charge in [0.15, 0.2) is 11.6 Å². The molecular weight excluding hydrogens is 851 g/mol. The van der Waals surface area contributed by atoms with E-state index in [9.17, 15) is 27.2 Å². The van der Waals surface area contributed by atoms with Gasteiger partial charge in [0, 0.05) is 44.4 Å². The molecular formula is C42H38Cl2F4N12O2. The van der Waals surface area contributed by atoms with E-state index in [0.717, 1.165) is 67.0 Å². The van der Waals surface area contributed by atoms with Crippen LogP contribution in [0.1, 0.15) is 58.8 Å². The third-order valence-corrected chi connectivity index (χ3v) is 9.46. The third kappa shape index (κ3) is 12.2. The van der Waals surface area contributed by atoms with Crippen LogP contribution in [0, 0.1) is 23.3 Å². The minimum Gasteiger partial charge on any atom is -0.336 e. The Morgan fingerprint density at radius 1 is 0.629 bits per heavy atom. The van der Waals surface area contributed by atoms with Crippen LogP contribution in [-0.2, 0) is 0 Å². The van der Waals surface area contributed by atoms with E-state index < -0.39 is 46.2 Å². The summed E-state index contributed by atoms with van der Waals surface area (Å²) in [5.74, 6) is -4.68. The Morgan fingerprint density at radius 2 is 1.10 bits per heavy atom. The highest BCUT2D eigenvalue weighted by Crippen LogP contribution is 2.27. The van der Waals surface area contributed by atoms with Crippen molar-refractivity contribution in [3.63, 3.8) is 0 Å². The number of nitrogens with one attached hydrogen (secondary N) is 3. The average Bonchev–Trinajstić information content (AvgIpc) is 3.26. The Hall–Kier alpha value is -6.76. The van der Waals surface area contributed by atoms with Gasteiger partial charge in [-0.3, -0.25) is 19.6 Å². The highest BCUT2D eigenvalue weighted by Gasteiger charge is 2.22. The Balaban J connectivity index is 0.000000203. The lowest BCUT2D eigenvalue weighted by molar-refractivity contribution is 0.101. The second-order valence-electron chi connectivity index (χ2n) is 13.4. The quantitative estimate of drug-likeness (QED) is 0.105. The van der Waals surface area contributed by atoms with Gasteiger partial charge in [-0.1, -0.05) is 23.3 Å². The van der Waals surface area contributed by atoms with Crippen LogP contribution in [0.4, 0.5) is 35.1 Å². The third-order valence-electron chi connectivity index (χ3n) is 9.27. The molecule has 0 bridgehead atoms. The van der Waals surface area contributed by atoms with Crippen LogP contribution < -0.4 is 20.9 Å². The van der Waals surface area contributed by atoms with E-state index in [4.69, 9.17) is 11.6 Å². The van der Waals surface area contributed by atoms with Crippen molar-refractivity contribution in [2.24, 2.45) is 0 Å². The fourth-order valence-corrected chi connectivity index (χ4v) is 6.16. The van der Waals surface area contributed by atoms with Crippen LogP contribution in [0.25, 0.3) is 11.1 Å². The van der Waals surface area contributed by atoms with E-state index in [-0.39, 0.29) is 24.0 Å². The van der Waals surface area contributed by atoms with Crippen molar-refractivity contribution in [1.82, 2.24) is 45.2 Å². The molecule has 0 fully saturated rings. The highest BCUT2D eigenvalue weighted by molar-refractivity contribution is 6.28. The molecule has 320 valence electrons. The lowest BCUT2D eigenvalue weighted by atomic mass is 9.99. The van der Waals surface area contributed by atoms with Crippen molar-refractivity contribution in [1.29, 1.82) is 0 Å². The first-order valence-electron chi connectivity index (χ1n) is 18.7. The summed E-state index contributed by atoms with van der Waals surface area (Å²) < 4.78 is 54.8. The van der Waals surface area contributed by atoms with Crippen molar-refractivity contribution in [2.45, 2.75) is 26.7 Å². The second kappa shape index (κ2) is 22.2. The van der Waals surface area contributed by atoms with Crippen LogP contribution >= 0.6 is 24.0 Å². The molecule has 0 saturated heterocycles. The molecule has 2 amide bonds. The molecule has 6 heterocycles. The van der Waals surface area contributed by atoms with Gasteiger partial charge in [-0.05, 0) is 92.4 Å². The summed E-state index contributed by atoms with van der Waals surface area (Å²) in [4.78, 5) is 59.1. The molecule has 0 unspecified atom stereocenters. The number of rotatable bonds is 7. The predicted octanol–water partition coefficient (Wildman–Crippen LogP) is 7.81. The summed E-state index contributed by atoms with van der Waals surface area (Å²) in [7, 11) is 0. The van der Waals surface area contributed by atoms with Crippen molar-refractivity contribution in [3.8, 4) is 0 Å². The van der Waals surface area contributed by atoms with Crippen LogP contribution in [0.15, 0.2) is 109 Å². The average molecular weight is 890 g/mol. The first kappa shape index (κ1) is 46.3. The van der Waals surface area contributed by atoms with Gasteiger partial charge >= 0.3 is 0 Å². The molecule has 20 heteroatoms. The van der Waals surface area contributed by atoms with E-state index in [2.05, 4.69) is 67.6 Å². The molecule has 6 aromatic rings. The van der Waals surface area contributed by atoms with Crippen molar-refractivity contribution in [2.75, 3.05) is 41.7 Å². The van der Waals surface area contributed by atoms with Gasteiger partial charge in [0.25, 0.3) is 11.8 Å². The fraction of sp³-hybridized carbons (Fsp3) is 0.190. The van der Waals surface area contributed by atoms with Crippen molar-refractivity contribution in [3.05, 3.63) is 160 Å². The maximum absolute atomic E-state index is 13.8. The molecule has 8 rings (SSSR count). The van der Waals surface area contributed by atoms with E-state index in [1.165, 1.54) is 41.9 Å². The molecule has 0 spiro atoms. The number of hydrogen-bond acceptors (Lipinski definition) is 12. The zero-order valence-corrected chi connectivity index (χ0v) is 34.7. The monoisotopic (exact) mass is 888 g/mol. The van der Waals surface area contributed by atoms with Gasteiger partial charge in [0.2, 0.25) is 11.2 Å². The van der Waals surface area contributed by atoms with Gasteiger partial charge in [0.05, 0.1) is 36.2 Å². The molecule has 0 atom stereocenters. The predicted molar refractivity (Wildman–Crippen MR) is 229 cm³/mol. The number of carbonyl (C=O) groups excluding carboxylic acids is 2. The van der Waals surface area contributed by atoms with Crippen LogP contribution in [0.5, 0.6) is 0 Å². The molecule has 14 nitrogen and oxygen atoms in total. The molecule has 0 saturated carbocycles. The largest absolute Gasteiger partial charge is 0.336 e. The smallest absolute Gasteiger partial charge is 0.262 e. The normalized spacial score (nSPS) is 13.4. The van der Waals surface area contributed by atoms with Gasteiger partial charge in [-0.25, -0.2) is 47.5 Å². The highest BCUT2D eigenvalue weighted by atomic mass is 35.5. The molecule has 2 aliphatic heterocycles. The summed E-state index contributed by atoms with van der Waals surface area (Å²) in [6.07, 6.45) is 14.2. The van der Waals surface area contributed by atoms with Gasteiger partial charge in [-0.2, -0.15) is 0 Å². The summed E-state index contributed by atoms with van der Waals surface area (Å²) in [6.45, 7) is 7.12. The summed E-state index contributed by atoms with van der Waals surface area (Å²) >= 11 is 5.32. The Morgan fingerprint density at radius 3 is 1.53 bits per heavy atom. The number of carbonyl (C=O) groups is 2. The Kier molecular flexibility index (Phi) is 16.6. The summed E-state index contributed by atoms with van der Waals surface area (Å²) in [5.41, 5.74) is 4.57. The van der Waals surface area contributed by atoms with Crippen molar-refractivity contribution < 1.29 is 27.2 Å². The molecule has 3 N–H and O–H groups in total. The lowest BCUT2D eigenvalue weighted by Gasteiger charge is -2.29. The van der Waals surface area contributed by atoms with E-state index in [0.29, 0.717) is 30.0 Å². The van der Waals surface area contributed by atoms with Crippen LogP contribution in [0.3, 0.4) is 0 Å². The lowest BCUT2D eigenvalue weighted by Crippen LogP contribution is -2.32. The maximum atomic E-state index is 13.8. The molecule has 2 aromatic carbocycles. The first-order valence-corrected chi connectivity index (χ1v) is 19.0. The SMILES string of the molecule is CC1=C(c2cnc(NC(=O)c3c(F)cccc3F)cn2)CN(c2ncccn2)CC1.CC1=C(c2cnc(NC(=O)c3c(F)cccc3F)cn2)CNCC1.Cl.Clc1ncccn1. The van der Waals surface area contributed by atoms with Gasteiger partial charge in [-0.15, -0.1) is 12.4 Å². The number of amides is 2. The number of hydrogen-bond donors (Lipinski definition) is 3. The number of aromatic nitrogens is 8. The summed E-state index contributed by atoms with van der Waals surface area (Å²) in [6, 6.07) is 9.97. The second-order valence-corrected chi connectivity index (χ2v) is 13.7. The molecule has 0 aliphatic carbocycles. The zero-order valence-electron chi connectivity index (χ0n) is 33.1. The Labute approximate surface area is 364 Å². The minimum absolute atomic E-state index is 0. The molecule has 4 aromatic heterocycles. The maximum Gasteiger partial charge on any atom is 0.262 e. The molecule has 0 radical (unpaired) electrons. The van der Waals surface area contributed by atoms with Gasteiger partial charge in [0.1, 0.15) is 34.4 Å². The topological polar surface area (TPSA) is 177 Å². The standard InChI is InChI=1S/C21H18F2N6O.C17H16F2N4O.C4H3ClN2.ClH/c1-13-6-9-29(21-24-7-3-8-25-21)12-14(13)17-10-27-18(11-26-17)28-20(30)19-15(22)4-2-5-16(19)23;1-10-5-6-20-7-11(10)14-8-22-15(9-21-14)23-17(24)16-12(18)3-2-4-13(16)19;5-4-6-2-1-3-7-4;/h2-5,7-8,10-11H,6,9,12H2,1H3,(H,27,28,30);2-4,8-9,20H,5-7H2,1H3,(H,22,23,24);1-3H;1H. The number of benzene rings is 2. The number of nitrogens with zero attached hydrogens (tertiary/aromatic N) is 9. The summed E-state index contributed by atoms with van der Waals surface area (Å²) in [5, 5.41) is 8.29. The number of halogens is 6. The van der Waals surface area contributed by atoms with Crippen LogP contribution in [-0.4, -0.2) is 77.9 Å². The van der Waals surface area contributed by atoms with E-state index >= 15 is 0 Å². The Bertz CT molecular complexity index is 2500. The molecule has 62 heavy (non-hydrogen) atoms. The number of anilines is 3. The zero-order chi connectivity index (χ0) is 43.3. The van der Waals surface area contributed by atoms with E-state index in [1.54, 1.807) is 43.1 Å². The van der Waals surface area contributed by atoms with E-state index in [1.807, 2.05) is 6.92 Å². The van der Waals surface area contributed by atoms with Gasteiger partial charge < -0.3 is 20.9 Å². The fourth-order valence-electron chi connectivity index (χ4n) is 6.05.